The van der Waals surface area contributed by atoms with E-state index in [1.807, 2.05) is 6.07 Å². The first kappa shape index (κ1) is 21.8. The zero-order chi connectivity index (χ0) is 22.0. The van der Waals surface area contributed by atoms with Crippen molar-refractivity contribution in [1.82, 2.24) is 4.31 Å². The van der Waals surface area contributed by atoms with Crippen molar-refractivity contribution < 1.29 is 22.7 Å². The van der Waals surface area contributed by atoms with Crippen LogP contribution >= 0.6 is 11.3 Å². The van der Waals surface area contributed by atoms with Crippen molar-refractivity contribution in [3.63, 3.8) is 0 Å². The van der Waals surface area contributed by atoms with Crippen LogP contribution in [0.15, 0.2) is 58.8 Å². The molecular weight excluding hydrogens is 437 g/mol. The summed E-state index contributed by atoms with van der Waals surface area (Å²) in [4.78, 5) is 12.7. The molecule has 0 radical (unpaired) electrons. The van der Waals surface area contributed by atoms with E-state index in [4.69, 9.17) is 5.11 Å². The number of hydrogen-bond acceptors (Lipinski definition) is 5. The summed E-state index contributed by atoms with van der Waals surface area (Å²) in [5, 5.41) is 10.7. The highest BCUT2D eigenvalue weighted by Gasteiger charge is 2.27. The lowest BCUT2D eigenvalue weighted by Gasteiger charge is -2.25. The van der Waals surface area contributed by atoms with E-state index in [1.54, 1.807) is 35.7 Å². The summed E-state index contributed by atoms with van der Waals surface area (Å²) in [5.41, 5.74) is 3.13. The first-order valence-electron chi connectivity index (χ1n) is 9.99. The van der Waals surface area contributed by atoms with Crippen LogP contribution in [-0.4, -0.2) is 43.3 Å². The maximum absolute atomic E-state index is 13.5. The van der Waals surface area contributed by atoms with E-state index in [-0.39, 0.29) is 16.5 Å². The van der Waals surface area contributed by atoms with E-state index in [9.17, 15) is 17.6 Å². The normalized spacial score (nSPS) is 15.2. The van der Waals surface area contributed by atoms with E-state index < -0.39 is 16.6 Å². The van der Waals surface area contributed by atoms with Gasteiger partial charge in [0.25, 0.3) is 0 Å². The van der Waals surface area contributed by atoms with Crippen LogP contribution in [0, 0.1) is 5.82 Å². The van der Waals surface area contributed by atoms with Crippen molar-refractivity contribution in [2.24, 2.45) is 0 Å². The van der Waals surface area contributed by atoms with E-state index in [1.165, 1.54) is 27.8 Å². The van der Waals surface area contributed by atoms with Crippen LogP contribution in [0.4, 0.5) is 4.39 Å². The van der Waals surface area contributed by atoms with Crippen molar-refractivity contribution in [2.75, 3.05) is 19.7 Å². The fraction of sp³-hybridized carbons (Fsp3) is 0.261. The van der Waals surface area contributed by atoms with E-state index in [2.05, 4.69) is 0 Å². The summed E-state index contributed by atoms with van der Waals surface area (Å²) in [7, 11) is -3.69. The van der Waals surface area contributed by atoms with Gasteiger partial charge < -0.3 is 5.11 Å². The maximum Gasteiger partial charge on any atom is 0.243 e. The highest BCUT2D eigenvalue weighted by molar-refractivity contribution is 7.89. The Morgan fingerprint density at radius 2 is 1.90 bits per heavy atom. The monoisotopic (exact) mass is 459 g/mol. The fourth-order valence-electron chi connectivity index (χ4n) is 3.81. The van der Waals surface area contributed by atoms with Gasteiger partial charge in [-0.15, -0.1) is 11.3 Å². The van der Waals surface area contributed by atoms with Gasteiger partial charge in [0.1, 0.15) is 12.4 Å². The SMILES string of the molecule is O=C(CO)c1ccc2c(c1)CCN(S(=O)(=O)c1csc(-c3cccc(F)c3)c1)CCC2. The largest absolute Gasteiger partial charge is 0.388 e. The van der Waals surface area contributed by atoms with Crippen LogP contribution < -0.4 is 0 Å². The number of fused-ring (bicyclic) bond motifs is 1. The van der Waals surface area contributed by atoms with Crippen LogP contribution in [-0.2, 0) is 22.9 Å². The molecule has 0 aliphatic carbocycles. The number of Topliss-reactive ketones (excluding diaryl/α,β-unsaturated/α-hetero) is 1. The van der Waals surface area contributed by atoms with Crippen LogP contribution in [0.1, 0.15) is 27.9 Å². The third-order valence-corrected chi connectivity index (χ3v) is 8.48. The van der Waals surface area contributed by atoms with Gasteiger partial charge in [-0.25, -0.2) is 12.8 Å². The summed E-state index contributed by atoms with van der Waals surface area (Å²) in [6.45, 7) is 0.159. The van der Waals surface area contributed by atoms with E-state index in [0.29, 0.717) is 48.4 Å². The molecule has 8 heteroatoms. The number of nitrogens with zero attached hydrogens (tertiary/aromatic N) is 1. The number of aliphatic hydroxyl groups excluding tert-OH is 1. The molecule has 3 aromatic rings. The standard InChI is InChI=1S/C23H22FNO4S2/c24-20-5-1-3-19(12-20)23-13-21(15-30-23)31(28,29)25-9-2-4-16-6-7-18(22(27)14-26)11-17(16)8-10-25/h1,3,5-7,11-13,15,26H,2,4,8-10,14H2. The van der Waals surface area contributed by atoms with E-state index in [0.717, 1.165) is 11.1 Å². The van der Waals surface area contributed by atoms with Gasteiger partial charge in [-0.3, -0.25) is 4.79 Å². The Labute approximate surface area is 184 Å². The Morgan fingerprint density at radius 3 is 2.68 bits per heavy atom. The summed E-state index contributed by atoms with van der Waals surface area (Å²) in [6, 6.07) is 13.1. The predicted molar refractivity (Wildman–Crippen MR) is 118 cm³/mol. The van der Waals surface area contributed by atoms with Crippen molar-refractivity contribution in [1.29, 1.82) is 0 Å². The molecule has 0 atom stereocenters. The predicted octanol–water partition coefficient (Wildman–Crippen LogP) is 3.91. The second-order valence-electron chi connectivity index (χ2n) is 7.48. The minimum Gasteiger partial charge on any atom is -0.388 e. The first-order valence-corrected chi connectivity index (χ1v) is 12.3. The number of rotatable bonds is 5. The molecule has 2 aromatic carbocycles. The van der Waals surface area contributed by atoms with Crippen LogP contribution in [0.3, 0.4) is 0 Å². The third-order valence-electron chi connectivity index (χ3n) is 5.48. The van der Waals surface area contributed by atoms with Crippen molar-refractivity contribution in [3.8, 4) is 10.4 Å². The van der Waals surface area contributed by atoms with Crippen molar-refractivity contribution >= 4 is 27.1 Å². The van der Waals surface area contributed by atoms with Gasteiger partial charge >= 0.3 is 0 Å². The molecule has 0 unspecified atom stereocenters. The quantitative estimate of drug-likeness (QED) is 0.587. The molecule has 5 nitrogen and oxygen atoms in total. The number of aliphatic hydroxyl groups is 1. The zero-order valence-corrected chi connectivity index (χ0v) is 18.4. The lowest BCUT2D eigenvalue weighted by molar-refractivity contribution is 0.0903. The molecule has 31 heavy (non-hydrogen) atoms. The highest BCUT2D eigenvalue weighted by atomic mass is 32.2. The Bertz CT molecular complexity index is 1220. The topological polar surface area (TPSA) is 74.7 Å². The average Bonchev–Trinajstić information content (AvgIpc) is 3.25. The van der Waals surface area contributed by atoms with Crippen molar-refractivity contribution in [2.45, 2.75) is 24.2 Å². The lowest BCUT2D eigenvalue weighted by Crippen LogP contribution is -2.35. The number of halogens is 1. The average molecular weight is 460 g/mol. The highest BCUT2D eigenvalue weighted by Crippen LogP contribution is 2.32. The molecule has 0 amide bonds. The Hall–Kier alpha value is -2.39. The Morgan fingerprint density at radius 1 is 1.06 bits per heavy atom. The molecule has 162 valence electrons. The molecule has 1 aromatic heterocycles. The second kappa shape index (κ2) is 9.00. The fourth-order valence-corrected chi connectivity index (χ4v) is 6.55. The minimum absolute atomic E-state index is 0.210. The number of hydrogen-bond donors (Lipinski definition) is 1. The lowest BCUT2D eigenvalue weighted by atomic mass is 9.95. The zero-order valence-electron chi connectivity index (χ0n) is 16.8. The maximum atomic E-state index is 13.5. The third kappa shape index (κ3) is 4.62. The number of thiophene rings is 1. The first-order chi connectivity index (χ1) is 14.9. The van der Waals surface area contributed by atoms with Gasteiger partial charge in [-0.2, -0.15) is 4.31 Å². The molecule has 0 bridgehead atoms. The summed E-state index contributed by atoms with van der Waals surface area (Å²) in [5.74, 6) is -0.714. The van der Waals surface area contributed by atoms with Crippen LogP contribution in [0.25, 0.3) is 10.4 Å². The molecular formula is C23H22FNO4S2. The van der Waals surface area contributed by atoms with Crippen LogP contribution in [0.2, 0.25) is 0 Å². The second-order valence-corrected chi connectivity index (χ2v) is 10.3. The Kier molecular flexibility index (Phi) is 6.34. The smallest absolute Gasteiger partial charge is 0.243 e. The van der Waals surface area contributed by atoms with Crippen LogP contribution in [0.5, 0.6) is 0 Å². The number of aryl methyl sites for hydroxylation is 1. The molecule has 4 rings (SSSR count). The molecule has 0 saturated carbocycles. The van der Waals surface area contributed by atoms with Gasteiger partial charge in [0, 0.05) is 28.9 Å². The number of benzene rings is 2. The molecule has 1 aliphatic heterocycles. The van der Waals surface area contributed by atoms with Gasteiger partial charge in [0.15, 0.2) is 5.78 Å². The molecule has 1 aliphatic rings. The molecule has 0 spiro atoms. The number of carbonyl (C=O) groups is 1. The molecule has 2 heterocycles. The summed E-state index contributed by atoms with van der Waals surface area (Å²) >= 11 is 1.27. The van der Waals surface area contributed by atoms with E-state index >= 15 is 0 Å². The summed E-state index contributed by atoms with van der Waals surface area (Å²) in [6.07, 6.45) is 1.87. The summed E-state index contributed by atoms with van der Waals surface area (Å²) < 4.78 is 41.6. The number of sulfonamides is 1. The minimum atomic E-state index is -3.69. The molecule has 1 N–H and O–H groups in total. The molecule has 0 fully saturated rings. The van der Waals surface area contributed by atoms with Gasteiger partial charge in [0.05, 0.1) is 4.90 Å². The van der Waals surface area contributed by atoms with Gasteiger partial charge in [0.2, 0.25) is 10.0 Å². The van der Waals surface area contributed by atoms with Gasteiger partial charge in [-0.05, 0) is 60.2 Å². The number of carbonyl (C=O) groups excluding carboxylic acids is 1. The van der Waals surface area contributed by atoms with Gasteiger partial charge in [-0.1, -0.05) is 24.3 Å². The number of ketones is 1. The molecule has 0 saturated heterocycles. The van der Waals surface area contributed by atoms with Crippen molar-refractivity contribution in [3.05, 3.63) is 76.4 Å². The Balaban J connectivity index is 1.57.